The number of esters is 1. The van der Waals surface area contributed by atoms with E-state index in [2.05, 4.69) is 42.4 Å². The molecule has 0 saturated heterocycles. The van der Waals surface area contributed by atoms with Crippen LogP contribution in [0.4, 0.5) is 5.69 Å². The zero-order valence-electron chi connectivity index (χ0n) is 18.4. The highest BCUT2D eigenvalue weighted by molar-refractivity contribution is 9.11. The maximum absolute atomic E-state index is 12.5. The van der Waals surface area contributed by atoms with Gasteiger partial charge >= 0.3 is 5.97 Å². The Hall–Kier alpha value is -3.67. The molecule has 3 aromatic carbocycles. The van der Waals surface area contributed by atoms with Gasteiger partial charge in [0.2, 0.25) is 0 Å². The van der Waals surface area contributed by atoms with E-state index in [0.717, 1.165) is 17.2 Å². The van der Waals surface area contributed by atoms with Crippen LogP contribution in [0.5, 0.6) is 5.75 Å². The first-order valence-electron chi connectivity index (χ1n) is 10.5. The highest BCUT2D eigenvalue weighted by atomic mass is 79.9. The van der Waals surface area contributed by atoms with Crippen molar-refractivity contribution in [2.75, 3.05) is 0 Å². The SMILES string of the molecule is O=C(/C=C/c1cccc([N+](=O)[O-])c1)Oc1c(Br)cc(Br)cc1C=NNC(=O)c1ccc2c(c1)COC2. The average Bonchev–Trinajstić information content (AvgIpc) is 3.33. The van der Waals surface area contributed by atoms with Crippen LogP contribution in [0.2, 0.25) is 0 Å². The molecule has 0 bridgehead atoms. The third kappa shape index (κ3) is 6.30. The molecule has 3 aromatic rings. The molecule has 11 heteroatoms. The summed E-state index contributed by atoms with van der Waals surface area (Å²) < 4.78 is 12.0. The fraction of sp³-hybridized carbons (Fsp3) is 0.0800. The number of nitrogens with one attached hydrogen (secondary N) is 1. The van der Waals surface area contributed by atoms with Gasteiger partial charge in [0.05, 0.1) is 28.8 Å². The van der Waals surface area contributed by atoms with E-state index in [1.54, 1.807) is 30.3 Å². The molecular weight excluding hydrogens is 598 g/mol. The fourth-order valence-corrected chi connectivity index (χ4v) is 4.70. The molecule has 0 atom stereocenters. The van der Waals surface area contributed by atoms with Crippen molar-refractivity contribution in [2.24, 2.45) is 5.10 Å². The molecule has 1 aliphatic heterocycles. The summed E-state index contributed by atoms with van der Waals surface area (Å²) in [5.41, 5.74) is 5.74. The van der Waals surface area contributed by atoms with E-state index in [9.17, 15) is 19.7 Å². The molecular formula is C25H17Br2N3O6. The van der Waals surface area contributed by atoms with Crippen LogP contribution < -0.4 is 10.2 Å². The summed E-state index contributed by atoms with van der Waals surface area (Å²) >= 11 is 6.75. The summed E-state index contributed by atoms with van der Waals surface area (Å²) in [6.45, 7) is 1.01. The van der Waals surface area contributed by atoms with Crippen molar-refractivity contribution >= 4 is 61.7 Å². The van der Waals surface area contributed by atoms with Crippen LogP contribution in [0.3, 0.4) is 0 Å². The predicted octanol–water partition coefficient (Wildman–Crippen LogP) is 5.53. The molecule has 0 aromatic heterocycles. The first-order valence-corrected chi connectivity index (χ1v) is 12.0. The Balaban J connectivity index is 1.46. The van der Waals surface area contributed by atoms with Gasteiger partial charge in [0.1, 0.15) is 0 Å². The summed E-state index contributed by atoms with van der Waals surface area (Å²) in [5.74, 6) is -0.920. The first-order chi connectivity index (χ1) is 17.3. The minimum atomic E-state index is -0.705. The van der Waals surface area contributed by atoms with Gasteiger partial charge in [-0.2, -0.15) is 5.10 Å². The van der Waals surface area contributed by atoms with Crippen LogP contribution in [0, 0.1) is 10.1 Å². The summed E-state index contributed by atoms with van der Waals surface area (Å²) in [6, 6.07) is 14.5. The van der Waals surface area contributed by atoms with Gasteiger partial charge in [-0.1, -0.05) is 34.1 Å². The molecule has 0 aliphatic carbocycles. The van der Waals surface area contributed by atoms with Gasteiger partial charge in [-0.3, -0.25) is 14.9 Å². The molecule has 0 fully saturated rings. The first kappa shape index (κ1) is 25.4. The number of hydrazone groups is 1. The van der Waals surface area contributed by atoms with Crippen LogP contribution in [0.1, 0.15) is 32.6 Å². The van der Waals surface area contributed by atoms with E-state index in [4.69, 9.17) is 9.47 Å². The maximum Gasteiger partial charge on any atom is 0.336 e. The summed E-state index contributed by atoms with van der Waals surface area (Å²) in [6.07, 6.45) is 3.93. The molecule has 0 unspecified atom stereocenters. The van der Waals surface area contributed by atoms with E-state index in [1.165, 1.54) is 30.5 Å². The Morgan fingerprint density at radius 1 is 1.08 bits per heavy atom. The van der Waals surface area contributed by atoms with Crippen molar-refractivity contribution in [3.8, 4) is 5.75 Å². The topological polar surface area (TPSA) is 120 Å². The number of nitrogens with zero attached hydrogens (tertiary/aromatic N) is 2. The van der Waals surface area contributed by atoms with Gasteiger partial charge in [0.25, 0.3) is 11.6 Å². The lowest BCUT2D eigenvalue weighted by atomic mass is 10.1. The van der Waals surface area contributed by atoms with Gasteiger partial charge in [0.15, 0.2) is 5.75 Å². The van der Waals surface area contributed by atoms with E-state index >= 15 is 0 Å². The number of carbonyl (C=O) groups is 2. The van der Waals surface area contributed by atoms with Crippen molar-refractivity contribution in [2.45, 2.75) is 13.2 Å². The number of amides is 1. The second-order valence-corrected chi connectivity index (χ2v) is 9.36. The normalized spacial score (nSPS) is 12.6. The molecule has 1 amide bonds. The molecule has 182 valence electrons. The fourth-order valence-electron chi connectivity index (χ4n) is 3.36. The van der Waals surface area contributed by atoms with Gasteiger partial charge in [-0.25, -0.2) is 10.2 Å². The number of nitro groups is 1. The van der Waals surface area contributed by atoms with Gasteiger partial charge < -0.3 is 9.47 Å². The number of nitro benzene ring substituents is 1. The molecule has 1 N–H and O–H groups in total. The Labute approximate surface area is 222 Å². The third-order valence-electron chi connectivity index (χ3n) is 5.09. The lowest BCUT2D eigenvalue weighted by Crippen LogP contribution is -2.18. The monoisotopic (exact) mass is 613 g/mol. The predicted molar refractivity (Wildman–Crippen MR) is 140 cm³/mol. The van der Waals surface area contributed by atoms with Gasteiger partial charge in [0, 0.05) is 33.8 Å². The number of halogens is 2. The number of carbonyl (C=O) groups excluding carboxylic acids is 2. The number of hydrogen-bond acceptors (Lipinski definition) is 7. The lowest BCUT2D eigenvalue weighted by Gasteiger charge is -2.09. The zero-order chi connectivity index (χ0) is 25.7. The number of non-ortho nitro benzene ring substituents is 1. The van der Waals surface area contributed by atoms with Crippen LogP contribution in [0.15, 0.2) is 74.7 Å². The van der Waals surface area contributed by atoms with Crippen LogP contribution in [-0.2, 0) is 22.7 Å². The average molecular weight is 615 g/mol. The highest BCUT2D eigenvalue weighted by Crippen LogP contribution is 2.32. The Kier molecular flexibility index (Phi) is 8.04. The smallest absolute Gasteiger partial charge is 0.336 e. The molecule has 0 saturated carbocycles. The molecule has 1 heterocycles. The molecule has 9 nitrogen and oxygen atoms in total. The molecule has 1 aliphatic rings. The Morgan fingerprint density at radius 3 is 2.69 bits per heavy atom. The van der Waals surface area contributed by atoms with E-state index in [-0.39, 0.29) is 11.4 Å². The highest BCUT2D eigenvalue weighted by Gasteiger charge is 2.15. The zero-order valence-corrected chi connectivity index (χ0v) is 21.6. The molecule has 36 heavy (non-hydrogen) atoms. The quantitative estimate of drug-likeness (QED) is 0.0933. The second kappa shape index (κ2) is 11.4. The molecule has 0 radical (unpaired) electrons. The maximum atomic E-state index is 12.5. The van der Waals surface area contributed by atoms with E-state index < -0.39 is 16.8 Å². The number of benzene rings is 3. The molecule has 0 spiro atoms. The van der Waals surface area contributed by atoms with E-state index in [1.807, 2.05) is 6.07 Å². The van der Waals surface area contributed by atoms with Crippen molar-refractivity contribution in [1.29, 1.82) is 0 Å². The van der Waals surface area contributed by atoms with Crippen molar-refractivity contribution < 1.29 is 24.0 Å². The van der Waals surface area contributed by atoms with Gasteiger partial charge in [-0.05, 0) is 63.0 Å². The van der Waals surface area contributed by atoms with E-state index in [0.29, 0.717) is 38.8 Å². The Bertz CT molecular complexity index is 1420. The summed E-state index contributed by atoms with van der Waals surface area (Å²) in [7, 11) is 0. The van der Waals surface area contributed by atoms with Crippen LogP contribution >= 0.6 is 31.9 Å². The van der Waals surface area contributed by atoms with Crippen molar-refractivity contribution in [1.82, 2.24) is 5.43 Å². The van der Waals surface area contributed by atoms with Crippen molar-refractivity contribution in [3.05, 3.63) is 108 Å². The number of hydrogen-bond donors (Lipinski definition) is 1. The molecule has 4 rings (SSSR count). The third-order valence-corrected chi connectivity index (χ3v) is 6.13. The van der Waals surface area contributed by atoms with Gasteiger partial charge in [-0.15, -0.1) is 0 Å². The number of fused-ring (bicyclic) bond motifs is 1. The summed E-state index contributed by atoms with van der Waals surface area (Å²) in [5, 5.41) is 14.9. The largest absolute Gasteiger partial charge is 0.421 e. The van der Waals surface area contributed by atoms with Crippen molar-refractivity contribution in [3.63, 3.8) is 0 Å². The summed E-state index contributed by atoms with van der Waals surface area (Å²) in [4.78, 5) is 35.4. The number of rotatable bonds is 7. The standard InChI is InChI=1S/C25H17Br2N3O6/c26-20-10-18(12-28-29-25(32)16-5-6-17-13-35-14-19(17)9-16)24(22(27)11-20)36-23(31)7-4-15-2-1-3-21(8-15)30(33)34/h1-12H,13-14H2,(H,29,32)/b7-4+,28-12?. The lowest BCUT2D eigenvalue weighted by molar-refractivity contribution is -0.384. The van der Waals surface area contributed by atoms with Crippen LogP contribution in [-0.4, -0.2) is 23.0 Å². The Morgan fingerprint density at radius 2 is 1.89 bits per heavy atom. The van der Waals surface area contributed by atoms with Crippen LogP contribution in [0.25, 0.3) is 6.08 Å². The number of ether oxygens (including phenoxy) is 2. The minimum absolute atomic E-state index is 0.0880. The second-order valence-electron chi connectivity index (χ2n) is 7.59. The minimum Gasteiger partial charge on any atom is -0.421 e.